The van der Waals surface area contributed by atoms with E-state index in [-0.39, 0.29) is 4.90 Å². The van der Waals surface area contributed by atoms with Crippen LogP contribution in [0.1, 0.15) is 45.7 Å². The molecule has 39 heavy (non-hydrogen) atoms. The van der Waals surface area contributed by atoms with Gasteiger partial charge in [0.1, 0.15) is 10.6 Å². The molecule has 0 atom stereocenters. The summed E-state index contributed by atoms with van der Waals surface area (Å²) in [6.07, 6.45) is 0. The molecule has 0 unspecified atom stereocenters. The van der Waals surface area contributed by atoms with Crippen molar-refractivity contribution in [3.8, 4) is 5.75 Å². The van der Waals surface area contributed by atoms with Gasteiger partial charge in [0.05, 0.1) is 24.0 Å². The molecule has 9 heteroatoms. The number of anilines is 3. The molecule has 208 valence electrons. The molecule has 0 aliphatic carbocycles. The van der Waals surface area contributed by atoms with Gasteiger partial charge in [-0.1, -0.05) is 42.5 Å². The van der Waals surface area contributed by atoms with Crippen molar-refractivity contribution in [1.29, 1.82) is 0 Å². The number of sulfonamides is 1. The molecule has 0 spiro atoms. The molecule has 0 fully saturated rings. The molecule has 3 rings (SSSR count). The number of hydrogen-bond donors (Lipinski definition) is 3. The molecule has 0 aliphatic heterocycles. The molecule has 3 aromatic carbocycles. The molecule has 2 amide bonds. The highest BCUT2D eigenvalue weighted by atomic mass is 32.2. The fourth-order valence-corrected chi connectivity index (χ4v) is 5.58. The lowest BCUT2D eigenvalue weighted by atomic mass is 9.92. The number of nitrogens with one attached hydrogen (secondary N) is 3. The van der Waals surface area contributed by atoms with E-state index >= 15 is 0 Å². The fraction of sp³-hybridized carbons (Fsp3) is 0.300. The largest absolute Gasteiger partial charge is 0.495 e. The van der Waals surface area contributed by atoms with Gasteiger partial charge in [-0.2, -0.15) is 0 Å². The number of carbonyl (C=O) groups excluding carboxylic acids is 1. The summed E-state index contributed by atoms with van der Waals surface area (Å²) in [5, 5.41) is 5.79. The first kappa shape index (κ1) is 29.6. The summed E-state index contributed by atoms with van der Waals surface area (Å²) in [7, 11) is -2.56. The van der Waals surface area contributed by atoms with Crippen LogP contribution in [0, 0.1) is 0 Å². The molecule has 0 aliphatic rings. The normalized spacial score (nSPS) is 11.4. The number of rotatable bonds is 11. The van der Waals surface area contributed by atoms with E-state index in [1.165, 1.54) is 13.2 Å². The van der Waals surface area contributed by atoms with Crippen LogP contribution in [-0.4, -0.2) is 34.6 Å². The maximum absolute atomic E-state index is 13.6. The third-order valence-electron chi connectivity index (χ3n) is 6.47. The van der Waals surface area contributed by atoms with Gasteiger partial charge in [-0.25, -0.2) is 13.2 Å². The minimum Gasteiger partial charge on any atom is -0.495 e. The number of hydrogen-bond acceptors (Lipinski definition) is 5. The minimum absolute atomic E-state index is 0.0447. The van der Waals surface area contributed by atoms with Crippen LogP contribution in [-0.2, 0) is 15.6 Å². The van der Waals surface area contributed by atoms with Gasteiger partial charge in [0.15, 0.2) is 0 Å². The summed E-state index contributed by atoms with van der Waals surface area (Å²) >= 11 is 0. The predicted molar refractivity (Wildman–Crippen MR) is 160 cm³/mol. The Morgan fingerprint density at radius 3 is 2.33 bits per heavy atom. The van der Waals surface area contributed by atoms with Crippen molar-refractivity contribution in [3.05, 3.63) is 84.4 Å². The lowest BCUT2D eigenvalue weighted by Crippen LogP contribution is -2.43. The molecule has 3 aromatic rings. The summed E-state index contributed by atoms with van der Waals surface area (Å²) in [5.74, 6) is 0.400. The number of amides is 2. The standard InChI is InChI=1S/C30H38N4O4S/c1-8-34(9-2)26-18-17-24(20-28(26)39(36,37)33-25-15-10-11-16-27(25)38-7)31-29(35)32-30(5,6)23-14-12-13-22(19-23)21(3)4/h10-20,33H,3,8-9H2,1-2,4-7H3,(H2,31,32,35). The second-order valence-electron chi connectivity index (χ2n) is 9.73. The number of ether oxygens (including phenoxy) is 1. The number of methoxy groups -OCH3 is 1. The van der Waals surface area contributed by atoms with Crippen molar-refractivity contribution < 1.29 is 17.9 Å². The van der Waals surface area contributed by atoms with E-state index in [0.29, 0.717) is 35.9 Å². The topological polar surface area (TPSA) is 99.8 Å². The maximum atomic E-state index is 13.6. The van der Waals surface area contributed by atoms with E-state index in [0.717, 1.165) is 16.7 Å². The Morgan fingerprint density at radius 2 is 1.69 bits per heavy atom. The highest BCUT2D eigenvalue weighted by molar-refractivity contribution is 7.93. The van der Waals surface area contributed by atoms with Crippen molar-refractivity contribution >= 4 is 38.7 Å². The highest BCUT2D eigenvalue weighted by Crippen LogP contribution is 2.33. The molecular weight excluding hydrogens is 512 g/mol. The number of para-hydroxylation sites is 2. The second kappa shape index (κ2) is 12.3. The Balaban J connectivity index is 1.92. The highest BCUT2D eigenvalue weighted by Gasteiger charge is 2.26. The van der Waals surface area contributed by atoms with Crippen molar-refractivity contribution in [1.82, 2.24) is 5.32 Å². The van der Waals surface area contributed by atoms with E-state index < -0.39 is 21.6 Å². The molecule has 0 aromatic heterocycles. The summed E-state index contributed by atoms with van der Waals surface area (Å²) in [4.78, 5) is 15.0. The number of nitrogens with zero attached hydrogens (tertiary/aromatic N) is 1. The molecular formula is C30H38N4O4S. The maximum Gasteiger partial charge on any atom is 0.319 e. The van der Waals surface area contributed by atoms with Gasteiger partial charge in [-0.05, 0) is 82.1 Å². The Morgan fingerprint density at radius 1 is 1.00 bits per heavy atom. The third-order valence-corrected chi connectivity index (χ3v) is 7.86. The van der Waals surface area contributed by atoms with E-state index in [1.54, 1.807) is 36.4 Å². The van der Waals surface area contributed by atoms with Crippen molar-refractivity contribution in [3.63, 3.8) is 0 Å². The fourth-order valence-electron chi connectivity index (χ4n) is 4.25. The lowest BCUT2D eigenvalue weighted by molar-refractivity contribution is 0.242. The molecule has 0 saturated carbocycles. The Hall–Kier alpha value is -3.98. The van der Waals surface area contributed by atoms with Crippen LogP contribution in [0.2, 0.25) is 0 Å². The van der Waals surface area contributed by atoms with Crippen LogP contribution in [0.3, 0.4) is 0 Å². The van der Waals surface area contributed by atoms with Crippen LogP contribution in [0.25, 0.3) is 5.57 Å². The zero-order valence-corrected chi connectivity index (χ0v) is 24.3. The first-order chi connectivity index (χ1) is 18.4. The predicted octanol–water partition coefficient (Wildman–Crippen LogP) is 6.43. The first-order valence-electron chi connectivity index (χ1n) is 12.8. The molecule has 8 nitrogen and oxygen atoms in total. The monoisotopic (exact) mass is 550 g/mol. The molecule has 3 N–H and O–H groups in total. The molecule has 0 bridgehead atoms. The Bertz CT molecular complexity index is 1450. The van der Waals surface area contributed by atoms with Gasteiger partial charge in [0, 0.05) is 18.8 Å². The minimum atomic E-state index is -4.04. The smallest absolute Gasteiger partial charge is 0.319 e. The number of benzene rings is 3. The van der Waals surface area contributed by atoms with Gasteiger partial charge in [0.25, 0.3) is 10.0 Å². The number of carbonyl (C=O) groups is 1. The van der Waals surface area contributed by atoms with Crippen LogP contribution in [0.15, 0.2) is 78.2 Å². The zero-order chi connectivity index (χ0) is 28.8. The van der Waals surface area contributed by atoms with Gasteiger partial charge in [-0.3, -0.25) is 4.72 Å². The van der Waals surface area contributed by atoms with Crippen LogP contribution < -0.4 is 25.0 Å². The van der Waals surface area contributed by atoms with E-state index in [4.69, 9.17) is 4.74 Å². The molecule has 0 radical (unpaired) electrons. The summed E-state index contributed by atoms with van der Waals surface area (Å²) in [5.41, 5.74) is 3.34. The summed E-state index contributed by atoms with van der Waals surface area (Å²) in [6, 6.07) is 19.1. The molecule has 0 saturated heterocycles. The van der Waals surface area contributed by atoms with Gasteiger partial charge in [0.2, 0.25) is 0 Å². The average molecular weight is 551 g/mol. The van der Waals surface area contributed by atoms with Crippen LogP contribution in [0.5, 0.6) is 5.75 Å². The SMILES string of the molecule is C=C(C)c1cccc(C(C)(C)NC(=O)Nc2ccc(N(CC)CC)c(S(=O)(=O)Nc3ccccc3OC)c2)c1. The number of allylic oxidation sites excluding steroid dienone is 1. The van der Waals surface area contributed by atoms with E-state index in [9.17, 15) is 13.2 Å². The zero-order valence-electron chi connectivity index (χ0n) is 23.5. The van der Waals surface area contributed by atoms with Gasteiger partial charge in [-0.15, -0.1) is 0 Å². The summed E-state index contributed by atoms with van der Waals surface area (Å²) in [6.45, 7) is 14.9. The molecule has 0 heterocycles. The Kier molecular flexibility index (Phi) is 9.29. The quantitative estimate of drug-likeness (QED) is 0.255. The van der Waals surface area contributed by atoms with Crippen molar-refractivity contribution in [2.45, 2.75) is 45.1 Å². The van der Waals surface area contributed by atoms with Crippen LogP contribution in [0.4, 0.5) is 21.9 Å². The second-order valence-corrected chi connectivity index (χ2v) is 11.4. The van der Waals surface area contributed by atoms with Gasteiger partial charge < -0.3 is 20.3 Å². The Labute approximate surface area is 232 Å². The third kappa shape index (κ3) is 7.11. The van der Waals surface area contributed by atoms with Crippen LogP contribution >= 0.6 is 0 Å². The van der Waals surface area contributed by atoms with Crippen molar-refractivity contribution in [2.24, 2.45) is 0 Å². The van der Waals surface area contributed by atoms with E-state index in [2.05, 4.69) is 21.9 Å². The lowest BCUT2D eigenvalue weighted by Gasteiger charge is -2.28. The number of urea groups is 1. The first-order valence-corrected chi connectivity index (χ1v) is 14.3. The average Bonchev–Trinajstić information content (AvgIpc) is 2.89. The summed E-state index contributed by atoms with van der Waals surface area (Å²) < 4.78 is 35.2. The van der Waals surface area contributed by atoms with Gasteiger partial charge >= 0.3 is 6.03 Å². The van der Waals surface area contributed by atoms with E-state index in [1.807, 2.05) is 63.8 Å². The van der Waals surface area contributed by atoms with Crippen molar-refractivity contribution in [2.75, 3.05) is 35.1 Å².